The van der Waals surface area contributed by atoms with Crippen LogP contribution < -0.4 is 0 Å². The number of hydrogen-bond donors (Lipinski definition) is 0. The molecule has 0 aromatic heterocycles. The number of likely N-dealkylation sites (tertiary alicyclic amines) is 2. The molecule has 0 N–H and O–H groups in total. The van der Waals surface area contributed by atoms with Crippen LogP contribution in [0.15, 0.2) is 0 Å². The molecule has 2 heteroatoms. The Hall–Kier alpha value is -0.0800. The van der Waals surface area contributed by atoms with Crippen molar-refractivity contribution in [3.05, 3.63) is 0 Å². The molecule has 2 saturated heterocycles. The fourth-order valence-electron chi connectivity index (χ4n) is 3.91. The van der Waals surface area contributed by atoms with E-state index in [0.717, 1.165) is 12.0 Å². The average molecular weight is 281 g/mol. The van der Waals surface area contributed by atoms with E-state index in [0.29, 0.717) is 11.0 Å². The van der Waals surface area contributed by atoms with Crippen LogP contribution in [0.3, 0.4) is 0 Å². The first-order valence-electron chi connectivity index (χ1n) is 8.67. The molecule has 2 rings (SSSR count). The van der Waals surface area contributed by atoms with Crippen molar-refractivity contribution in [1.29, 1.82) is 0 Å². The van der Waals surface area contributed by atoms with Gasteiger partial charge >= 0.3 is 0 Å². The minimum absolute atomic E-state index is 0.331. The van der Waals surface area contributed by atoms with Gasteiger partial charge in [0.2, 0.25) is 0 Å². The van der Waals surface area contributed by atoms with Crippen molar-refractivity contribution in [3.63, 3.8) is 0 Å². The third-order valence-corrected chi connectivity index (χ3v) is 5.54. The van der Waals surface area contributed by atoms with Gasteiger partial charge in [0.25, 0.3) is 0 Å². The lowest BCUT2D eigenvalue weighted by Crippen LogP contribution is -2.56. The van der Waals surface area contributed by atoms with Gasteiger partial charge in [-0.25, -0.2) is 0 Å². The summed E-state index contributed by atoms with van der Waals surface area (Å²) in [6.45, 7) is 19.6. The summed E-state index contributed by atoms with van der Waals surface area (Å²) >= 11 is 0. The van der Waals surface area contributed by atoms with Gasteiger partial charge in [-0.3, -0.25) is 9.80 Å². The maximum atomic E-state index is 2.82. The van der Waals surface area contributed by atoms with Gasteiger partial charge in [0.05, 0.1) is 0 Å². The van der Waals surface area contributed by atoms with Crippen molar-refractivity contribution in [3.8, 4) is 0 Å². The van der Waals surface area contributed by atoms with Gasteiger partial charge in [0, 0.05) is 24.7 Å². The zero-order valence-electron chi connectivity index (χ0n) is 14.7. The lowest BCUT2D eigenvalue weighted by molar-refractivity contribution is 0.00903. The summed E-state index contributed by atoms with van der Waals surface area (Å²) in [5, 5.41) is 0. The van der Waals surface area contributed by atoms with Crippen LogP contribution in [0.5, 0.6) is 0 Å². The number of piperidine rings is 2. The molecular weight excluding hydrogens is 244 g/mol. The minimum Gasteiger partial charge on any atom is -0.299 e. The third-order valence-electron chi connectivity index (χ3n) is 5.54. The molecule has 0 aliphatic carbocycles. The normalized spacial score (nSPS) is 31.5. The van der Waals surface area contributed by atoms with E-state index in [9.17, 15) is 0 Å². The van der Waals surface area contributed by atoms with Gasteiger partial charge in [-0.05, 0) is 70.9 Å². The van der Waals surface area contributed by atoms with Gasteiger partial charge < -0.3 is 0 Å². The van der Waals surface area contributed by atoms with Crippen molar-refractivity contribution in [2.24, 2.45) is 11.3 Å². The van der Waals surface area contributed by atoms with E-state index in [1.807, 2.05) is 0 Å². The average Bonchev–Trinajstić information content (AvgIpc) is 2.37. The SMILES string of the molecule is CC(C)(C)C1CCCN(C2CCCN(C(C)(C)C)C2)C1. The molecule has 0 aromatic carbocycles. The fourth-order valence-corrected chi connectivity index (χ4v) is 3.91. The van der Waals surface area contributed by atoms with Gasteiger partial charge in [-0.2, -0.15) is 0 Å². The molecule has 0 aromatic rings. The van der Waals surface area contributed by atoms with Crippen LogP contribution in [0.1, 0.15) is 67.2 Å². The highest BCUT2D eigenvalue weighted by molar-refractivity contribution is 4.90. The molecule has 2 nitrogen and oxygen atoms in total. The van der Waals surface area contributed by atoms with Crippen LogP contribution in [-0.2, 0) is 0 Å². The van der Waals surface area contributed by atoms with Crippen LogP contribution >= 0.6 is 0 Å². The molecule has 0 saturated carbocycles. The molecule has 2 heterocycles. The van der Waals surface area contributed by atoms with Crippen LogP contribution in [0.4, 0.5) is 0 Å². The second kappa shape index (κ2) is 5.96. The molecule has 2 aliphatic heterocycles. The molecule has 2 atom stereocenters. The van der Waals surface area contributed by atoms with E-state index in [1.54, 1.807) is 0 Å². The lowest BCUT2D eigenvalue weighted by Gasteiger charge is -2.48. The highest BCUT2D eigenvalue weighted by Gasteiger charge is 2.35. The Morgan fingerprint density at radius 3 is 2.05 bits per heavy atom. The van der Waals surface area contributed by atoms with Crippen molar-refractivity contribution in [1.82, 2.24) is 9.80 Å². The molecule has 2 aliphatic rings. The smallest absolute Gasteiger partial charge is 0.0223 e. The molecule has 0 bridgehead atoms. The van der Waals surface area contributed by atoms with Gasteiger partial charge in [-0.1, -0.05) is 20.8 Å². The molecule has 0 spiro atoms. The Morgan fingerprint density at radius 1 is 0.800 bits per heavy atom. The predicted molar refractivity (Wildman–Crippen MR) is 88.1 cm³/mol. The summed E-state index contributed by atoms with van der Waals surface area (Å²) in [7, 11) is 0. The van der Waals surface area contributed by atoms with Gasteiger partial charge in [-0.15, -0.1) is 0 Å². The Morgan fingerprint density at radius 2 is 1.45 bits per heavy atom. The summed E-state index contributed by atoms with van der Waals surface area (Å²) in [5.74, 6) is 0.876. The van der Waals surface area contributed by atoms with E-state index < -0.39 is 0 Å². The van der Waals surface area contributed by atoms with E-state index >= 15 is 0 Å². The van der Waals surface area contributed by atoms with Crippen molar-refractivity contribution < 1.29 is 0 Å². The Bertz CT molecular complexity index is 278. The largest absolute Gasteiger partial charge is 0.299 e. The molecule has 2 unspecified atom stereocenters. The van der Waals surface area contributed by atoms with Crippen LogP contribution in [0.2, 0.25) is 0 Å². The first-order chi connectivity index (χ1) is 9.18. The molecule has 20 heavy (non-hydrogen) atoms. The second-order valence-corrected chi connectivity index (χ2v) is 9.11. The lowest BCUT2D eigenvalue weighted by atomic mass is 9.76. The number of nitrogens with zero attached hydrogens (tertiary/aromatic N) is 2. The molecule has 0 radical (unpaired) electrons. The maximum absolute atomic E-state index is 2.82. The zero-order valence-corrected chi connectivity index (χ0v) is 14.7. The number of hydrogen-bond acceptors (Lipinski definition) is 2. The summed E-state index contributed by atoms with van der Waals surface area (Å²) < 4.78 is 0. The standard InChI is InChI=1S/C18H36N2/c1-17(2,3)15-9-7-11-19(13-15)16-10-8-12-20(14-16)18(4,5)6/h15-16H,7-14H2,1-6H3. The quantitative estimate of drug-likeness (QED) is 0.716. The fraction of sp³-hybridized carbons (Fsp3) is 1.00. The summed E-state index contributed by atoms with van der Waals surface area (Å²) in [6, 6.07) is 0.799. The van der Waals surface area contributed by atoms with Crippen molar-refractivity contribution in [2.75, 3.05) is 26.2 Å². The zero-order chi connectivity index (χ0) is 15.0. The van der Waals surface area contributed by atoms with Crippen molar-refractivity contribution in [2.45, 2.75) is 78.8 Å². The van der Waals surface area contributed by atoms with Gasteiger partial charge in [0.15, 0.2) is 0 Å². The summed E-state index contributed by atoms with van der Waals surface area (Å²) in [4.78, 5) is 5.51. The molecule has 118 valence electrons. The maximum Gasteiger partial charge on any atom is 0.0223 e. The highest BCUT2D eigenvalue weighted by atomic mass is 15.3. The predicted octanol–water partition coefficient (Wildman–Crippen LogP) is 4.01. The second-order valence-electron chi connectivity index (χ2n) is 9.11. The first-order valence-corrected chi connectivity index (χ1v) is 8.67. The monoisotopic (exact) mass is 280 g/mol. The minimum atomic E-state index is 0.331. The first kappa shape index (κ1) is 16.3. The van der Waals surface area contributed by atoms with Gasteiger partial charge in [0.1, 0.15) is 0 Å². The summed E-state index contributed by atoms with van der Waals surface area (Å²) in [6.07, 6.45) is 5.60. The summed E-state index contributed by atoms with van der Waals surface area (Å²) in [5.41, 5.74) is 0.801. The van der Waals surface area contributed by atoms with E-state index in [1.165, 1.54) is 51.9 Å². The van der Waals surface area contributed by atoms with E-state index in [4.69, 9.17) is 0 Å². The Labute approximate surface area is 126 Å². The van der Waals surface area contributed by atoms with E-state index in [2.05, 4.69) is 51.3 Å². The third kappa shape index (κ3) is 3.98. The molecule has 0 amide bonds. The van der Waals surface area contributed by atoms with E-state index in [-0.39, 0.29) is 0 Å². The molecular formula is C18H36N2. The Balaban J connectivity index is 1.97. The Kier molecular flexibility index (Phi) is 4.86. The number of rotatable bonds is 1. The highest BCUT2D eigenvalue weighted by Crippen LogP contribution is 2.35. The molecule has 2 fully saturated rings. The van der Waals surface area contributed by atoms with Crippen molar-refractivity contribution >= 4 is 0 Å². The van der Waals surface area contributed by atoms with Crippen LogP contribution in [-0.4, -0.2) is 47.6 Å². The topological polar surface area (TPSA) is 6.48 Å². The van der Waals surface area contributed by atoms with Crippen LogP contribution in [0.25, 0.3) is 0 Å². The van der Waals surface area contributed by atoms with Crippen LogP contribution in [0, 0.1) is 11.3 Å².